The molecule has 0 unspecified atom stereocenters. The number of aryl methyl sites for hydroxylation is 2. The normalized spacial score (nSPS) is 19.2. The molecular weight excluding hydrogens is 310 g/mol. The number of nitrogens with one attached hydrogen (secondary N) is 2. The maximum atomic E-state index is 12.2. The van der Waals surface area contributed by atoms with Crippen molar-refractivity contribution in [2.45, 2.75) is 53.1 Å². The minimum Gasteiger partial charge on any atom is -0.466 e. The molecule has 1 atom stereocenters. The van der Waals surface area contributed by atoms with E-state index in [9.17, 15) is 4.79 Å². The smallest absolute Gasteiger partial charge is 0.315 e. The molecule has 1 aliphatic carbocycles. The number of fused-ring (bicyclic) bond motifs is 1. The molecule has 2 heterocycles. The highest BCUT2D eigenvalue weighted by Crippen LogP contribution is 2.41. The van der Waals surface area contributed by atoms with Crippen molar-refractivity contribution in [2.75, 3.05) is 0 Å². The number of nitrogens with zero attached hydrogens (tertiary/aromatic N) is 1. The Hall–Kier alpha value is -1.82. The molecule has 2 aromatic heterocycles. The summed E-state index contributed by atoms with van der Waals surface area (Å²) in [4.78, 5) is 16.6. The van der Waals surface area contributed by atoms with E-state index in [0.29, 0.717) is 6.54 Å². The lowest BCUT2D eigenvalue weighted by molar-refractivity contribution is 0.214. The first kappa shape index (κ1) is 16.1. The molecular formula is C17H23N3O2S. The minimum atomic E-state index is -0.164. The Morgan fingerprint density at radius 2 is 2.26 bits per heavy atom. The predicted octanol–water partition coefficient (Wildman–Crippen LogP) is 3.87. The van der Waals surface area contributed by atoms with E-state index in [0.717, 1.165) is 40.6 Å². The van der Waals surface area contributed by atoms with Gasteiger partial charge >= 0.3 is 6.03 Å². The zero-order valence-electron chi connectivity index (χ0n) is 14.0. The highest BCUT2D eigenvalue weighted by atomic mass is 32.1. The van der Waals surface area contributed by atoms with Crippen molar-refractivity contribution in [1.29, 1.82) is 0 Å². The highest BCUT2D eigenvalue weighted by Gasteiger charge is 2.35. The number of thiazole rings is 1. The Morgan fingerprint density at radius 1 is 1.48 bits per heavy atom. The molecule has 0 saturated carbocycles. The largest absolute Gasteiger partial charge is 0.466 e. The molecule has 0 saturated heterocycles. The third kappa shape index (κ3) is 3.75. The standard InChI is InChI=1S/C17H23N3O2S/c1-10-5-13-14(6-17(3,4)7-15(13)22-10)20-16(21)18-8-12-9-23-11(2)19-12/h5,9,14H,6-8H2,1-4H3,(H2,18,20,21)/t14-/m0/s1. The van der Waals surface area contributed by atoms with Crippen molar-refractivity contribution >= 4 is 17.4 Å². The van der Waals surface area contributed by atoms with Gasteiger partial charge in [0, 0.05) is 17.4 Å². The molecule has 6 heteroatoms. The van der Waals surface area contributed by atoms with Crippen molar-refractivity contribution in [2.24, 2.45) is 5.41 Å². The van der Waals surface area contributed by atoms with Crippen LogP contribution < -0.4 is 10.6 Å². The molecule has 0 spiro atoms. The lowest BCUT2D eigenvalue weighted by atomic mass is 9.75. The zero-order chi connectivity index (χ0) is 16.6. The fourth-order valence-electron chi connectivity index (χ4n) is 3.18. The first-order valence-corrected chi connectivity index (χ1v) is 8.75. The second-order valence-corrected chi connectivity index (χ2v) is 8.08. The molecule has 5 nitrogen and oxygen atoms in total. The summed E-state index contributed by atoms with van der Waals surface area (Å²) in [5.74, 6) is 1.90. The fourth-order valence-corrected chi connectivity index (χ4v) is 3.80. The van der Waals surface area contributed by atoms with Crippen molar-refractivity contribution in [3.8, 4) is 0 Å². The van der Waals surface area contributed by atoms with E-state index in [-0.39, 0.29) is 17.5 Å². The van der Waals surface area contributed by atoms with Crippen LogP contribution in [-0.4, -0.2) is 11.0 Å². The van der Waals surface area contributed by atoms with Crippen molar-refractivity contribution in [3.63, 3.8) is 0 Å². The molecule has 2 amide bonds. The Morgan fingerprint density at radius 3 is 2.96 bits per heavy atom. The number of urea groups is 1. The first-order valence-electron chi connectivity index (χ1n) is 7.87. The van der Waals surface area contributed by atoms with Gasteiger partial charge in [-0.05, 0) is 31.7 Å². The Kier molecular flexibility index (Phi) is 4.19. The third-order valence-corrected chi connectivity index (χ3v) is 4.96. The molecule has 1 aliphatic rings. The van der Waals surface area contributed by atoms with Crippen LogP contribution in [0, 0.1) is 19.3 Å². The van der Waals surface area contributed by atoms with E-state index in [4.69, 9.17) is 4.42 Å². The summed E-state index contributed by atoms with van der Waals surface area (Å²) in [6, 6.07) is 1.87. The minimum absolute atomic E-state index is 0.0108. The van der Waals surface area contributed by atoms with Gasteiger partial charge in [-0.3, -0.25) is 0 Å². The lowest BCUT2D eigenvalue weighted by Crippen LogP contribution is -2.41. The van der Waals surface area contributed by atoms with Gasteiger partial charge in [0.2, 0.25) is 0 Å². The van der Waals surface area contributed by atoms with E-state index in [1.165, 1.54) is 0 Å². The zero-order valence-corrected chi connectivity index (χ0v) is 14.8. The van der Waals surface area contributed by atoms with Gasteiger partial charge in [-0.15, -0.1) is 11.3 Å². The van der Waals surface area contributed by atoms with Gasteiger partial charge in [-0.25, -0.2) is 9.78 Å². The second kappa shape index (κ2) is 6.00. The Balaban J connectivity index is 1.65. The van der Waals surface area contributed by atoms with Gasteiger partial charge in [-0.1, -0.05) is 13.8 Å². The summed E-state index contributed by atoms with van der Waals surface area (Å²) in [5, 5.41) is 8.95. The van der Waals surface area contributed by atoms with Crippen LogP contribution in [0.15, 0.2) is 15.9 Å². The van der Waals surface area contributed by atoms with E-state index < -0.39 is 0 Å². The quantitative estimate of drug-likeness (QED) is 0.896. The highest BCUT2D eigenvalue weighted by molar-refractivity contribution is 7.09. The SMILES string of the molecule is Cc1cc2c(o1)CC(C)(C)C[C@@H]2NC(=O)NCc1csc(C)n1. The maximum Gasteiger partial charge on any atom is 0.315 e. The van der Waals surface area contributed by atoms with Crippen LogP contribution in [0.1, 0.15) is 54.1 Å². The van der Waals surface area contributed by atoms with Crippen LogP contribution in [0.2, 0.25) is 0 Å². The van der Waals surface area contributed by atoms with Gasteiger partial charge in [0.15, 0.2) is 0 Å². The van der Waals surface area contributed by atoms with Crippen molar-refractivity contribution in [3.05, 3.63) is 39.2 Å². The third-order valence-electron chi connectivity index (χ3n) is 4.14. The number of furan rings is 1. The number of hydrogen-bond donors (Lipinski definition) is 2. The van der Waals surface area contributed by atoms with Crippen molar-refractivity contribution < 1.29 is 9.21 Å². The number of carbonyl (C=O) groups is 1. The van der Waals surface area contributed by atoms with Crippen LogP contribution in [-0.2, 0) is 13.0 Å². The first-order chi connectivity index (χ1) is 10.8. The second-order valence-electron chi connectivity index (χ2n) is 7.02. The summed E-state index contributed by atoms with van der Waals surface area (Å²) >= 11 is 1.59. The van der Waals surface area contributed by atoms with Crippen LogP contribution in [0.25, 0.3) is 0 Å². The molecule has 0 aromatic carbocycles. The molecule has 0 bridgehead atoms. The average molecular weight is 333 g/mol. The maximum absolute atomic E-state index is 12.2. The average Bonchev–Trinajstić information content (AvgIpc) is 3.00. The van der Waals surface area contributed by atoms with Crippen molar-refractivity contribution in [1.82, 2.24) is 15.6 Å². The number of aromatic nitrogens is 1. The van der Waals surface area contributed by atoms with Gasteiger partial charge < -0.3 is 15.1 Å². The summed E-state index contributed by atoms with van der Waals surface area (Å²) in [5.41, 5.74) is 2.12. The summed E-state index contributed by atoms with van der Waals surface area (Å²) in [6.07, 6.45) is 1.82. The number of carbonyl (C=O) groups excluding carboxylic acids is 1. The van der Waals surface area contributed by atoms with E-state index in [2.05, 4.69) is 29.5 Å². The Bertz CT molecular complexity index is 717. The predicted molar refractivity (Wildman–Crippen MR) is 90.5 cm³/mol. The van der Waals surface area contributed by atoms with Gasteiger partial charge in [0.25, 0.3) is 0 Å². The van der Waals surface area contributed by atoms with Gasteiger partial charge in [-0.2, -0.15) is 0 Å². The monoisotopic (exact) mass is 333 g/mol. The molecule has 124 valence electrons. The molecule has 2 N–H and O–H groups in total. The van der Waals surface area contributed by atoms with Gasteiger partial charge in [0.1, 0.15) is 11.5 Å². The number of amides is 2. The van der Waals surface area contributed by atoms with Crippen LogP contribution >= 0.6 is 11.3 Å². The van der Waals surface area contributed by atoms with E-state index >= 15 is 0 Å². The van der Waals surface area contributed by atoms with Gasteiger partial charge in [0.05, 0.1) is 23.3 Å². The lowest BCUT2D eigenvalue weighted by Gasteiger charge is -2.34. The summed E-state index contributed by atoms with van der Waals surface area (Å²) in [7, 11) is 0. The van der Waals surface area contributed by atoms with E-state index in [1.807, 2.05) is 25.3 Å². The number of hydrogen-bond acceptors (Lipinski definition) is 4. The molecule has 0 radical (unpaired) electrons. The fraction of sp³-hybridized carbons (Fsp3) is 0.529. The number of rotatable bonds is 3. The topological polar surface area (TPSA) is 67.2 Å². The summed E-state index contributed by atoms with van der Waals surface area (Å²) < 4.78 is 5.81. The van der Waals surface area contributed by atoms with Crippen LogP contribution in [0.5, 0.6) is 0 Å². The van der Waals surface area contributed by atoms with E-state index in [1.54, 1.807) is 11.3 Å². The van der Waals surface area contributed by atoms with Crippen LogP contribution in [0.3, 0.4) is 0 Å². The summed E-state index contributed by atoms with van der Waals surface area (Å²) in [6.45, 7) is 8.77. The molecule has 0 aliphatic heterocycles. The van der Waals surface area contributed by atoms with Crippen LogP contribution in [0.4, 0.5) is 4.79 Å². The molecule has 23 heavy (non-hydrogen) atoms. The Labute approximate surface area is 140 Å². The molecule has 3 rings (SSSR count). The molecule has 0 fully saturated rings. The molecule has 2 aromatic rings.